The summed E-state index contributed by atoms with van der Waals surface area (Å²) in [6.07, 6.45) is 1.66. The molecule has 0 aliphatic carbocycles. The van der Waals surface area contributed by atoms with Crippen molar-refractivity contribution < 1.29 is 22.3 Å². The SMILES string of the molecule is CN(CCOc1ccc(F)cc1)C(=O)c1ccc(CCNS(C)(=O)=O)cc1. The van der Waals surface area contributed by atoms with Crippen LogP contribution in [0.15, 0.2) is 48.5 Å². The lowest BCUT2D eigenvalue weighted by molar-refractivity contribution is 0.0773. The van der Waals surface area contributed by atoms with Crippen LogP contribution in [0.2, 0.25) is 0 Å². The summed E-state index contributed by atoms with van der Waals surface area (Å²) in [5, 5.41) is 0. The fraction of sp³-hybridized carbons (Fsp3) is 0.316. The Morgan fingerprint density at radius 3 is 2.33 bits per heavy atom. The average molecular weight is 394 g/mol. The van der Waals surface area contributed by atoms with E-state index in [4.69, 9.17) is 4.74 Å². The molecule has 8 heteroatoms. The maximum Gasteiger partial charge on any atom is 0.253 e. The molecule has 0 heterocycles. The van der Waals surface area contributed by atoms with Crippen LogP contribution in [0, 0.1) is 5.82 Å². The topological polar surface area (TPSA) is 75.7 Å². The maximum atomic E-state index is 12.8. The number of carbonyl (C=O) groups excluding carboxylic acids is 1. The third-order valence-corrected chi connectivity index (χ3v) is 4.56. The van der Waals surface area contributed by atoms with E-state index in [1.54, 1.807) is 36.2 Å². The second-order valence-corrected chi connectivity index (χ2v) is 7.98. The van der Waals surface area contributed by atoms with Crippen LogP contribution < -0.4 is 9.46 Å². The van der Waals surface area contributed by atoms with Crippen molar-refractivity contribution in [2.75, 3.05) is 33.0 Å². The van der Waals surface area contributed by atoms with Crippen molar-refractivity contribution in [3.8, 4) is 5.75 Å². The Morgan fingerprint density at radius 1 is 1.11 bits per heavy atom. The van der Waals surface area contributed by atoms with E-state index >= 15 is 0 Å². The summed E-state index contributed by atoms with van der Waals surface area (Å²) in [5.41, 5.74) is 1.48. The fourth-order valence-corrected chi connectivity index (χ4v) is 2.82. The van der Waals surface area contributed by atoms with Crippen molar-refractivity contribution in [2.24, 2.45) is 0 Å². The summed E-state index contributed by atoms with van der Waals surface area (Å²) in [7, 11) is -1.52. The Labute approximate surface area is 159 Å². The largest absolute Gasteiger partial charge is 0.492 e. The van der Waals surface area contributed by atoms with E-state index < -0.39 is 10.0 Å². The van der Waals surface area contributed by atoms with Gasteiger partial charge >= 0.3 is 0 Å². The summed E-state index contributed by atoms with van der Waals surface area (Å²) in [4.78, 5) is 14.0. The molecule has 2 aromatic carbocycles. The molecule has 146 valence electrons. The number of hydrogen-bond donors (Lipinski definition) is 1. The summed E-state index contributed by atoms with van der Waals surface area (Å²) < 4.78 is 42.8. The van der Waals surface area contributed by atoms with Crippen molar-refractivity contribution >= 4 is 15.9 Å². The van der Waals surface area contributed by atoms with E-state index in [1.807, 2.05) is 0 Å². The molecule has 0 saturated heterocycles. The third-order valence-electron chi connectivity index (χ3n) is 3.83. The predicted octanol–water partition coefficient (Wildman–Crippen LogP) is 2.07. The molecular formula is C19H23FN2O4S. The van der Waals surface area contributed by atoms with E-state index in [1.165, 1.54) is 24.3 Å². The number of likely N-dealkylation sites (N-methyl/N-ethyl adjacent to an activating group) is 1. The Morgan fingerprint density at radius 2 is 1.74 bits per heavy atom. The molecule has 0 bridgehead atoms. The van der Waals surface area contributed by atoms with Crippen LogP contribution in [0.1, 0.15) is 15.9 Å². The van der Waals surface area contributed by atoms with Crippen LogP contribution in [0.5, 0.6) is 5.75 Å². The molecule has 2 aromatic rings. The van der Waals surface area contributed by atoms with Gasteiger partial charge in [-0.05, 0) is 48.4 Å². The number of carbonyl (C=O) groups is 1. The second-order valence-electron chi connectivity index (χ2n) is 6.14. The van der Waals surface area contributed by atoms with Crippen molar-refractivity contribution in [2.45, 2.75) is 6.42 Å². The van der Waals surface area contributed by atoms with Crippen LogP contribution in [0.25, 0.3) is 0 Å². The first kappa shape index (κ1) is 20.9. The second kappa shape index (κ2) is 9.48. The van der Waals surface area contributed by atoms with Crippen molar-refractivity contribution in [3.05, 3.63) is 65.5 Å². The highest BCUT2D eigenvalue weighted by atomic mass is 32.2. The summed E-state index contributed by atoms with van der Waals surface area (Å²) in [6, 6.07) is 12.8. The van der Waals surface area contributed by atoms with Gasteiger partial charge in [0.05, 0.1) is 12.8 Å². The van der Waals surface area contributed by atoms with E-state index in [9.17, 15) is 17.6 Å². The first-order valence-electron chi connectivity index (χ1n) is 8.42. The van der Waals surface area contributed by atoms with E-state index in [2.05, 4.69) is 4.72 Å². The molecule has 0 radical (unpaired) electrons. The molecule has 0 atom stereocenters. The highest BCUT2D eigenvalue weighted by Gasteiger charge is 2.11. The zero-order valence-electron chi connectivity index (χ0n) is 15.3. The number of halogens is 1. The molecule has 1 amide bonds. The van der Waals surface area contributed by atoms with Crippen LogP contribution in [0.3, 0.4) is 0 Å². The number of hydrogen-bond acceptors (Lipinski definition) is 4. The van der Waals surface area contributed by atoms with Gasteiger partial charge in [-0.3, -0.25) is 4.79 Å². The Hall–Kier alpha value is -2.45. The quantitative estimate of drug-likeness (QED) is 0.707. The standard InChI is InChI=1S/C19H23FN2O4S/c1-22(13-14-26-18-9-7-17(20)8-10-18)19(23)16-5-3-15(4-6-16)11-12-21-27(2,24)25/h3-10,21H,11-14H2,1-2H3. The Balaban J connectivity index is 1.80. The van der Waals surface area contributed by atoms with Gasteiger partial charge in [-0.15, -0.1) is 0 Å². The molecule has 1 N–H and O–H groups in total. The van der Waals surface area contributed by atoms with Crippen molar-refractivity contribution in [1.82, 2.24) is 9.62 Å². The minimum Gasteiger partial charge on any atom is -0.492 e. The summed E-state index contributed by atoms with van der Waals surface area (Å²) in [6.45, 7) is 0.992. The predicted molar refractivity (Wildman–Crippen MR) is 102 cm³/mol. The molecule has 0 aliphatic heterocycles. The van der Waals surface area contributed by atoms with Crippen LogP contribution >= 0.6 is 0 Å². The molecule has 2 rings (SSSR count). The first-order valence-corrected chi connectivity index (χ1v) is 10.3. The number of nitrogens with zero attached hydrogens (tertiary/aromatic N) is 1. The number of amides is 1. The fourth-order valence-electron chi connectivity index (χ4n) is 2.35. The van der Waals surface area contributed by atoms with Crippen molar-refractivity contribution in [1.29, 1.82) is 0 Å². The van der Waals surface area contributed by atoms with Crippen LogP contribution in [-0.2, 0) is 16.4 Å². The highest BCUT2D eigenvalue weighted by Crippen LogP contribution is 2.11. The van der Waals surface area contributed by atoms with Gasteiger partial charge in [0, 0.05) is 19.2 Å². The average Bonchev–Trinajstić information content (AvgIpc) is 2.62. The van der Waals surface area contributed by atoms with Gasteiger partial charge in [0.1, 0.15) is 18.2 Å². The summed E-state index contributed by atoms with van der Waals surface area (Å²) in [5.74, 6) is 0.0769. The van der Waals surface area contributed by atoms with Crippen molar-refractivity contribution in [3.63, 3.8) is 0 Å². The lowest BCUT2D eigenvalue weighted by Crippen LogP contribution is -2.30. The number of sulfonamides is 1. The zero-order valence-corrected chi connectivity index (χ0v) is 16.1. The molecular weight excluding hydrogens is 371 g/mol. The lowest BCUT2D eigenvalue weighted by Gasteiger charge is -2.18. The van der Waals surface area contributed by atoms with E-state index in [0.717, 1.165) is 11.8 Å². The van der Waals surface area contributed by atoms with E-state index in [0.29, 0.717) is 37.4 Å². The van der Waals surface area contributed by atoms with Crippen LogP contribution in [-0.4, -0.2) is 52.2 Å². The molecule has 0 fully saturated rings. The lowest BCUT2D eigenvalue weighted by atomic mass is 10.1. The van der Waals surface area contributed by atoms with Gasteiger partial charge in [0.2, 0.25) is 10.0 Å². The molecule has 0 aromatic heterocycles. The highest BCUT2D eigenvalue weighted by molar-refractivity contribution is 7.88. The van der Waals surface area contributed by atoms with Gasteiger partial charge in [0.25, 0.3) is 5.91 Å². The molecule has 0 spiro atoms. The Kier molecular flexibility index (Phi) is 7.32. The maximum absolute atomic E-state index is 12.8. The van der Waals surface area contributed by atoms with Gasteiger partial charge in [-0.2, -0.15) is 0 Å². The molecule has 27 heavy (non-hydrogen) atoms. The minimum atomic E-state index is -3.20. The van der Waals surface area contributed by atoms with E-state index in [-0.39, 0.29) is 11.7 Å². The number of rotatable bonds is 9. The molecule has 0 aliphatic rings. The smallest absolute Gasteiger partial charge is 0.253 e. The molecule has 0 unspecified atom stereocenters. The first-order chi connectivity index (χ1) is 12.7. The van der Waals surface area contributed by atoms with Gasteiger partial charge < -0.3 is 9.64 Å². The monoisotopic (exact) mass is 394 g/mol. The van der Waals surface area contributed by atoms with Gasteiger partial charge in [-0.25, -0.2) is 17.5 Å². The van der Waals surface area contributed by atoms with Crippen LogP contribution in [0.4, 0.5) is 4.39 Å². The number of ether oxygens (including phenoxy) is 1. The Bertz CT molecular complexity index is 852. The summed E-state index contributed by atoms with van der Waals surface area (Å²) >= 11 is 0. The number of nitrogens with one attached hydrogen (secondary N) is 1. The van der Waals surface area contributed by atoms with Gasteiger partial charge in [-0.1, -0.05) is 12.1 Å². The molecule has 6 nitrogen and oxygen atoms in total. The van der Waals surface area contributed by atoms with Gasteiger partial charge in [0.15, 0.2) is 0 Å². The molecule has 0 saturated carbocycles. The minimum absolute atomic E-state index is 0.140. The normalized spacial score (nSPS) is 11.2. The number of benzene rings is 2. The zero-order chi connectivity index (χ0) is 19.9. The third kappa shape index (κ3) is 7.36.